The van der Waals surface area contributed by atoms with Crippen molar-refractivity contribution >= 4 is 29.5 Å². The number of unbranched alkanes of at least 4 members (excludes halogenated alkanes) is 2. The predicted molar refractivity (Wildman–Crippen MR) is 137 cm³/mol. The van der Waals surface area contributed by atoms with Crippen molar-refractivity contribution in [1.82, 2.24) is 10.6 Å². The summed E-state index contributed by atoms with van der Waals surface area (Å²) in [7, 11) is 0. The van der Waals surface area contributed by atoms with Crippen molar-refractivity contribution in [3.8, 4) is 0 Å². The Labute approximate surface area is 204 Å². The molecule has 0 aliphatic carbocycles. The van der Waals surface area contributed by atoms with Crippen LogP contribution in [-0.4, -0.2) is 55.2 Å². The average Bonchev–Trinajstić information content (AvgIpc) is 2.77. The van der Waals surface area contributed by atoms with Gasteiger partial charge in [-0.3, -0.25) is 24.4 Å². The zero-order chi connectivity index (χ0) is 25.9. The summed E-state index contributed by atoms with van der Waals surface area (Å²) in [5.41, 5.74) is 21.2. The second-order valence-corrected chi connectivity index (χ2v) is 8.78. The Balaban J connectivity index is 4.21. The number of aliphatic imine (C=N–C) groups is 2. The number of carbonyl (C=O) groups excluding carboxylic acids is 3. The van der Waals surface area contributed by atoms with Gasteiger partial charge in [0.15, 0.2) is 17.7 Å². The van der Waals surface area contributed by atoms with Crippen LogP contribution in [0.3, 0.4) is 0 Å². The normalized spacial score (nSPS) is 12.5. The van der Waals surface area contributed by atoms with Crippen LogP contribution in [0.4, 0.5) is 0 Å². The molecule has 11 nitrogen and oxygen atoms in total. The topological polar surface area (TPSA) is 204 Å². The van der Waals surface area contributed by atoms with Crippen molar-refractivity contribution in [1.29, 1.82) is 0 Å². The highest BCUT2D eigenvalue weighted by atomic mass is 16.2. The fraction of sp³-hybridized carbons (Fsp3) is 0.783. The van der Waals surface area contributed by atoms with Crippen LogP contribution < -0.4 is 33.6 Å². The number of Topliss-reactive ketones (excluding diaryl/α,β-unsaturated/α-hetero) is 1. The number of ketones is 1. The summed E-state index contributed by atoms with van der Waals surface area (Å²) in [6, 6.07) is -0.529. The van der Waals surface area contributed by atoms with Gasteiger partial charge >= 0.3 is 0 Å². The first-order valence-corrected chi connectivity index (χ1v) is 12.3. The summed E-state index contributed by atoms with van der Waals surface area (Å²) in [6.07, 6.45) is 5.98. The fourth-order valence-electron chi connectivity index (χ4n) is 3.47. The zero-order valence-corrected chi connectivity index (χ0v) is 21.1. The van der Waals surface area contributed by atoms with E-state index >= 15 is 0 Å². The van der Waals surface area contributed by atoms with Crippen molar-refractivity contribution in [3.05, 3.63) is 0 Å². The van der Waals surface area contributed by atoms with Crippen LogP contribution in [0.2, 0.25) is 0 Å². The van der Waals surface area contributed by atoms with Crippen molar-refractivity contribution < 1.29 is 14.4 Å². The molecule has 2 unspecified atom stereocenters. The van der Waals surface area contributed by atoms with Crippen molar-refractivity contribution in [2.75, 3.05) is 19.6 Å². The second-order valence-electron chi connectivity index (χ2n) is 8.78. The molecule has 196 valence electrons. The molecule has 0 aromatic heterocycles. The molecule has 0 radical (unpaired) electrons. The largest absolute Gasteiger partial charge is 0.370 e. The highest BCUT2D eigenvalue weighted by Crippen LogP contribution is 2.12. The zero-order valence-electron chi connectivity index (χ0n) is 21.1. The minimum Gasteiger partial charge on any atom is -0.370 e. The van der Waals surface area contributed by atoms with E-state index in [9.17, 15) is 14.4 Å². The average molecular weight is 483 g/mol. The Hall–Kier alpha value is -2.85. The van der Waals surface area contributed by atoms with Crippen LogP contribution in [0.25, 0.3) is 0 Å². The number of nitrogens with two attached hydrogens (primary N) is 4. The van der Waals surface area contributed by atoms with Crippen LogP contribution >= 0.6 is 0 Å². The lowest BCUT2D eigenvalue weighted by Gasteiger charge is -2.19. The van der Waals surface area contributed by atoms with Crippen molar-refractivity contribution in [3.63, 3.8) is 0 Å². The monoisotopic (exact) mass is 482 g/mol. The number of rotatable bonds is 19. The van der Waals surface area contributed by atoms with Gasteiger partial charge < -0.3 is 33.6 Å². The molecule has 2 amide bonds. The number of carbonyl (C=O) groups is 3. The minimum atomic E-state index is -0.529. The Kier molecular flexibility index (Phi) is 17.0. The number of hydrogen-bond donors (Lipinski definition) is 6. The number of nitrogens with one attached hydrogen (secondary N) is 2. The maximum absolute atomic E-state index is 12.4. The predicted octanol–water partition coefficient (Wildman–Crippen LogP) is 0.506. The minimum absolute atomic E-state index is 0.00420. The highest BCUT2D eigenvalue weighted by molar-refractivity contribution is 5.90. The summed E-state index contributed by atoms with van der Waals surface area (Å²) in [5.74, 6) is -0.240. The van der Waals surface area contributed by atoms with Gasteiger partial charge in [-0.1, -0.05) is 27.2 Å². The van der Waals surface area contributed by atoms with Crippen LogP contribution in [0, 0.1) is 11.8 Å². The van der Waals surface area contributed by atoms with E-state index < -0.39 is 6.04 Å². The van der Waals surface area contributed by atoms with E-state index in [1.54, 1.807) is 0 Å². The molecule has 34 heavy (non-hydrogen) atoms. The molecule has 0 fully saturated rings. The molecule has 0 aromatic carbocycles. The van der Waals surface area contributed by atoms with E-state index in [1.807, 2.05) is 20.8 Å². The third-order valence-electron chi connectivity index (χ3n) is 5.44. The number of nitrogens with zero attached hydrogens (tertiary/aromatic N) is 2. The molecule has 0 saturated carbocycles. The van der Waals surface area contributed by atoms with Gasteiger partial charge in [0.1, 0.15) is 0 Å². The molecule has 0 bridgehead atoms. The first kappa shape index (κ1) is 31.1. The lowest BCUT2D eigenvalue weighted by atomic mass is 9.97. The van der Waals surface area contributed by atoms with Gasteiger partial charge in [-0.2, -0.15) is 0 Å². The molecule has 0 saturated heterocycles. The van der Waals surface area contributed by atoms with E-state index in [-0.39, 0.29) is 41.4 Å². The number of hydrogen-bond acceptors (Lipinski definition) is 5. The van der Waals surface area contributed by atoms with Crippen molar-refractivity contribution in [2.24, 2.45) is 44.8 Å². The van der Waals surface area contributed by atoms with Gasteiger partial charge in [0.2, 0.25) is 11.8 Å². The smallest absolute Gasteiger partial charge is 0.223 e. The molecular formula is C23H46N8O3. The van der Waals surface area contributed by atoms with Crippen LogP contribution in [-0.2, 0) is 14.4 Å². The molecule has 11 heteroatoms. The lowest BCUT2D eigenvalue weighted by Crippen LogP contribution is -2.42. The van der Waals surface area contributed by atoms with Crippen molar-refractivity contribution in [2.45, 2.75) is 84.6 Å². The summed E-state index contributed by atoms with van der Waals surface area (Å²) in [4.78, 5) is 44.9. The third kappa shape index (κ3) is 15.9. The van der Waals surface area contributed by atoms with Crippen LogP contribution in [0.1, 0.15) is 78.6 Å². The third-order valence-corrected chi connectivity index (χ3v) is 5.44. The standard InChI is InChI=1S/C23H46N8O3/c1-4-17(10-8-14-29-22(24)25)21(34)28-13-7-5-6-12-19(32)31-18(20(33)16(2)3)11-9-15-30-23(26)27/h16-18H,4-15H2,1-3H3,(H,28,34)(H,31,32)(H4,24,25,29)(H4,26,27,30). The van der Waals surface area contributed by atoms with Crippen LogP contribution in [0.5, 0.6) is 0 Å². The molecule has 0 aliphatic rings. The summed E-state index contributed by atoms with van der Waals surface area (Å²) < 4.78 is 0. The SMILES string of the molecule is CCC(CCCN=C(N)N)C(=O)NCCCCCC(=O)NC(CCCN=C(N)N)C(=O)C(C)C. The number of guanidine groups is 2. The van der Waals surface area contributed by atoms with Gasteiger partial charge in [0, 0.05) is 37.9 Å². The van der Waals surface area contributed by atoms with Gasteiger partial charge in [-0.05, 0) is 44.9 Å². The Morgan fingerprint density at radius 3 is 1.94 bits per heavy atom. The van der Waals surface area contributed by atoms with Crippen LogP contribution in [0.15, 0.2) is 9.98 Å². The van der Waals surface area contributed by atoms with E-state index in [4.69, 9.17) is 22.9 Å². The highest BCUT2D eigenvalue weighted by Gasteiger charge is 2.22. The van der Waals surface area contributed by atoms with E-state index in [1.165, 1.54) is 0 Å². The molecule has 0 aromatic rings. The van der Waals surface area contributed by atoms with Gasteiger partial charge in [0.25, 0.3) is 0 Å². The quantitative estimate of drug-likeness (QED) is 0.0872. The Morgan fingerprint density at radius 2 is 1.41 bits per heavy atom. The Bertz CT molecular complexity index is 671. The lowest BCUT2D eigenvalue weighted by molar-refractivity contribution is -0.129. The molecule has 10 N–H and O–H groups in total. The first-order chi connectivity index (χ1) is 16.1. The Morgan fingerprint density at radius 1 is 0.824 bits per heavy atom. The molecule has 0 rings (SSSR count). The molecule has 2 atom stereocenters. The fourth-order valence-corrected chi connectivity index (χ4v) is 3.47. The first-order valence-electron chi connectivity index (χ1n) is 12.3. The van der Waals surface area contributed by atoms with E-state index in [0.717, 1.165) is 32.1 Å². The number of amides is 2. The molecular weight excluding hydrogens is 436 g/mol. The van der Waals surface area contributed by atoms with E-state index in [0.29, 0.717) is 45.3 Å². The summed E-state index contributed by atoms with van der Waals surface area (Å²) in [5, 5.41) is 5.83. The van der Waals surface area contributed by atoms with Gasteiger partial charge in [-0.25, -0.2) is 0 Å². The molecule has 0 heterocycles. The summed E-state index contributed by atoms with van der Waals surface area (Å²) >= 11 is 0. The second kappa shape index (κ2) is 18.6. The summed E-state index contributed by atoms with van der Waals surface area (Å²) in [6.45, 7) is 7.14. The maximum atomic E-state index is 12.4. The maximum Gasteiger partial charge on any atom is 0.223 e. The van der Waals surface area contributed by atoms with E-state index in [2.05, 4.69) is 20.6 Å². The van der Waals surface area contributed by atoms with Gasteiger partial charge in [-0.15, -0.1) is 0 Å². The molecule has 0 aliphatic heterocycles. The molecule has 0 spiro atoms. The van der Waals surface area contributed by atoms with Gasteiger partial charge in [0.05, 0.1) is 6.04 Å².